The number of halogens is 1. The molecule has 0 aliphatic rings. The molecule has 0 unspecified atom stereocenters. The summed E-state index contributed by atoms with van der Waals surface area (Å²) in [6.07, 6.45) is 1.30. The number of rotatable bonds is 5. The molecule has 0 saturated carbocycles. The summed E-state index contributed by atoms with van der Waals surface area (Å²) in [5.41, 5.74) is -0.179. The van der Waals surface area contributed by atoms with E-state index in [1.807, 2.05) is 0 Å². The number of nitro benzene ring substituents is 1. The molecule has 1 amide bonds. The number of esters is 1. The summed E-state index contributed by atoms with van der Waals surface area (Å²) in [6, 6.07) is 6.67. The highest BCUT2D eigenvalue weighted by Crippen LogP contribution is 2.27. The molecule has 0 fully saturated rings. The van der Waals surface area contributed by atoms with Crippen LogP contribution in [0.4, 0.5) is 11.4 Å². The van der Waals surface area contributed by atoms with Crippen molar-refractivity contribution < 1.29 is 23.7 Å². The van der Waals surface area contributed by atoms with Gasteiger partial charge in [-0.25, -0.2) is 4.79 Å². The normalized spacial score (nSPS) is 10.0. The van der Waals surface area contributed by atoms with Gasteiger partial charge in [0.05, 0.1) is 11.2 Å². The minimum atomic E-state index is -0.790. The van der Waals surface area contributed by atoms with Gasteiger partial charge in [0.15, 0.2) is 6.61 Å². The van der Waals surface area contributed by atoms with Gasteiger partial charge in [0, 0.05) is 11.8 Å². The molecule has 1 aromatic carbocycles. The Kier molecular flexibility index (Phi) is 4.74. The molecule has 0 bridgehead atoms. The topological polar surface area (TPSA) is 112 Å². The molecule has 9 heteroatoms. The highest BCUT2D eigenvalue weighted by molar-refractivity contribution is 6.32. The van der Waals surface area contributed by atoms with Gasteiger partial charge in [-0.05, 0) is 24.3 Å². The SMILES string of the molecule is O=C(COC(=O)c1ccco1)Nc1ccc(Cl)c([N+](=O)[O-])c1. The van der Waals surface area contributed by atoms with Gasteiger partial charge in [-0.2, -0.15) is 0 Å². The minimum absolute atomic E-state index is 0.0325. The Morgan fingerprint density at radius 1 is 1.36 bits per heavy atom. The maximum atomic E-state index is 11.6. The van der Waals surface area contributed by atoms with Crippen LogP contribution in [-0.4, -0.2) is 23.4 Å². The highest BCUT2D eigenvalue weighted by Gasteiger charge is 2.15. The predicted molar refractivity (Wildman–Crippen MR) is 75.7 cm³/mol. The van der Waals surface area contributed by atoms with Gasteiger partial charge in [0.25, 0.3) is 11.6 Å². The van der Waals surface area contributed by atoms with Crippen LogP contribution in [0.1, 0.15) is 10.6 Å². The Bertz CT molecular complexity index is 713. The van der Waals surface area contributed by atoms with E-state index >= 15 is 0 Å². The number of nitrogens with zero attached hydrogens (tertiary/aromatic N) is 1. The zero-order valence-electron chi connectivity index (χ0n) is 10.9. The van der Waals surface area contributed by atoms with E-state index in [0.717, 1.165) is 6.07 Å². The van der Waals surface area contributed by atoms with E-state index in [1.165, 1.54) is 30.5 Å². The molecular weight excluding hydrogens is 316 g/mol. The molecule has 8 nitrogen and oxygen atoms in total. The zero-order valence-corrected chi connectivity index (χ0v) is 11.7. The van der Waals surface area contributed by atoms with Crippen molar-refractivity contribution in [2.24, 2.45) is 0 Å². The molecule has 0 aliphatic heterocycles. The average Bonchev–Trinajstić information content (AvgIpc) is 3.01. The third kappa shape index (κ3) is 3.83. The molecule has 2 rings (SSSR count). The zero-order chi connectivity index (χ0) is 16.1. The number of ether oxygens (including phenoxy) is 1. The Balaban J connectivity index is 1.93. The Morgan fingerprint density at radius 2 is 2.14 bits per heavy atom. The van der Waals surface area contributed by atoms with E-state index in [9.17, 15) is 19.7 Å². The lowest BCUT2D eigenvalue weighted by atomic mass is 10.3. The molecule has 1 N–H and O–H groups in total. The Labute approximate surface area is 128 Å². The van der Waals surface area contributed by atoms with E-state index in [4.69, 9.17) is 20.8 Å². The molecule has 22 heavy (non-hydrogen) atoms. The van der Waals surface area contributed by atoms with Gasteiger partial charge in [-0.3, -0.25) is 14.9 Å². The van der Waals surface area contributed by atoms with E-state index in [-0.39, 0.29) is 22.2 Å². The van der Waals surface area contributed by atoms with Gasteiger partial charge >= 0.3 is 5.97 Å². The van der Waals surface area contributed by atoms with Crippen molar-refractivity contribution in [3.8, 4) is 0 Å². The summed E-state index contributed by atoms with van der Waals surface area (Å²) in [4.78, 5) is 33.1. The molecule has 2 aromatic rings. The number of furan rings is 1. The lowest BCUT2D eigenvalue weighted by Gasteiger charge is -2.06. The third-order valence-corrected chi connectivity index (χ3v) is 2.80. The van der Waals surface area contributed by atoms with Gasteiger partial charge in [-0.1, -0.05) is 11.6 Å². The summed E-state index contributed by atoms with van der Waals surface area (Å²) in [7, 11) is 0. The van der Waals surface area contributed by atoms with Crippen molar-refractivity contribution in [2.45, 2.75) is 0 Å². The smallest absolute Gasteiger partial charge is 0.374 e. The van der Waals surface area contributed by atoms with E-state index < -0.39 is 23.4 Å². The fourth-order valence-electron chi connectivity index (χ4n) is 1.52. The third-order valence-electron chi connectivity index (χ3n) is 2.48. The van der Waals surface area contributed by atoms with Gasteiger partial charge in [0.1, 0.15) is 5.02 Å². The number of hydrogen-bond acceptors (Lipinski definition) is 6. The van der Waals surface area contributed by atoms with Crippen LogP contribution >= 0.6 is 11.6 Å². The summed E-state index contributed by atoms with van der Waals surface area (Å²) >= 11 is 5.65. The minimum Gasteiger partial charge on any atom is -0.457 e. The first-order valence-corrected chi connectivity index (χ1v) is 6.29. The van der Waals surface area contributed by atoms with E-state index in [0.29, 0.717) is 0 Å². The average molecular weight is 325 g/mol. The molecular formula is C13H9ClN2O6. The second-order valence-electron chi connectivity index (χ2n) is 4.02. The standard InChI is InChI=1S/C13H9ClN2O6/c14-9-4-3-8(6-10(9)16(19)20)15-12(17)7-22-13(18)11-2-1-5-21-11/h1-6H,7H2,(H,15,17). The first-order valence-electron chi connectivity index (χ1n) is 5.92. The number of anilines is 1. The second-order valence-corrected chi connectivity index (χ2v) is 4.43. The van der Waals surface area contributed by atoms with Crippen molar-refractivity contribution in [1.29, 1.82) is 0 Å². The molecule has 1 aromatic heterocycles. The van der Waals surface area contributed by atoms with Crippen LogP contribution < -0.4 is 5.32 Å². The molecule has 0 saturated heterocycles. The van der Waals surface area contributed by atoms with Crippen LogP contribution in [0.2, 0.25) is 5.02 Å². The fourth-order valence-corrected chi connectivity index (χ4v) is 1.71. The predicted octanol–water partition coefficient (Wildman–Crippen LogP) is 2.64. The van der Waals surface area contributed by atoms with E-state index in [2.05, 4.69) is 5.32 Å². The van der Waals surface area contributed by atoms with Crippen molar-refractivity contribution in [3.63, 3.8) is 0 Å². The molecule has 0 radical (unpaired) electrons. The fraction of sp³-hybridized carbons (Fsp3) is 0.0769. The van der Waals surface area contributed by atoms with E-state index in [1.54, 1.807) is 0 Å². The van der Waals surface area contributed by atoms with Crippen molar-refractivity contribution in [2.75, 3.05) is 11.9 Å². The summed E-state index contributed by atoms with van der Waals surface area (Å²) in [5.74, 6) is -1.48. The maximum Gasteiger partial charge on any atom is 0.374 e. The summed E-state index contributed by atoms with van der Waals surface area (Å²) in [5, 5.41) is 13.0. The molecule has 0 aliphatic carbocycles. The Hall–Kier alpha value is -2.87. The van der Waals surface area contributed by atoms with Crippen molar-refractivity contribution in [1.82, 2.24) is 0 Å². The van der Waals surface area contributed by atoms with Gasteiger partial charge in [-0.15, -0.1) is 0 Å². The van der Waals surface area contributed by atoms with Crippen LogP contribution in [0.15, 0.2) is 41.0 Å². The number of nitrogens with one attached hydrogen (secondary N) is 1. The number of amides is 1. The number of carbonyl (C=O) groups is 2. The highest BCUT2D eigenvalue weighted by atomic mass is 35.5. The quantitative estimate of drug-likeness (QED) is 0.514. The Morgan fingerprint density at radius 3 is 2.77 bits per heavy atom. The number of nitro groups is 1. The van der Waals surface area contributed by atoms with Gasteiger partial charge in [0.2, 0.25) is 5.76 Å². The first kappa shape index (κ1) is 15.5. The van der Waals surface area contributed by atoms with Crippen LogP contribution in [0.5, 0.6) is 0 Å². The maximum absolute atomic E-state index is 11.6. The van der Waals surface area contributed by atoms with Crippen molar-refractivity contribution in [3.05, 3.63) is 57.5 Å². The first-order chi connectivity index (χ1) is 10.5. The lowest BCUT2D eigenvalue weighted by Crippen LogP contribution is -2.20. The number of carbonyl (C=O) groups excluding carboxylic acids is 2. The summed E-state index contributed by atoms with van der Waals surface area (Å²) in [6.45, 7) is -0.560. The van der Waals surface area contributed by atoms with Crippen LogP contribution in [-0.2, 0) is 9.53 Å². The monoisotopic (exact) mass is 324 g/mol. The number of hydrogen-bond donors (Lipinski definition) is 1. The summed E-state index contributed by atoms with van der Waals surface area (Å²) < 4.78 is 9.52. The molecule has 0 spiro atoms. The lowest BCUT2D eigenvalue weighted by molar-refractivity contribution is -0.384. The molecule has 0 atom stereocenters. The van der Waals surface area contributed by atoms with Gasteiger partial charge < -0.3 is 14.5 Å². The van der Waals surface area contributed by atoms with Crippen LogP contribution in [0, 0.1) is 10.1 Å². The molecule has 114 valence electrons. The second kappa shape index (κ2) is 6.72. The van der Waals surface area contributed by atoms with Crippen LogP contribution in [0.3, 0.4) is 0 Å². The number of benzene rings is 1. The largest absolute Gasteiger partial charge is 0.457 e. The van der Waals surface area contributed by atoms with Crippen LogP contribution in [0.25, 0.3) is 0 Å². The molecule has 1 heterocycles. The van der Waals surface area contributed by atoms with Crippen molar-refractivity contribution >= 4 is 34.9 Å².